The fourth-order valence-electron chi connectivity index (χ4n) is 3.40. The average molecular weight is 364 g/mol. The zero-order chi connectivity index (χ0) is 19.0. The first-order chi connectivity index (χ1) is 13.0. The molecule has 2 aromatic heterocycles. The molecule has 7 nitrogen and oxygen atoms in total. The van der Waals surface area contributed by atoms with Crippen molar-refractivity contribution in [2.75, 3.05) is 36.0 Å². The Kier molecular flexibility index (Phi) is 4.51. The van der Waals surface area contributed by atoms with Gasteiger partial charge in [-0.3, -0.25) is 9.36 Å². The lowest BCUT2D eigenvalue weighted by Gasteiger charge is -2.36. The Morgan fingerprint density at radius 1 is 0.963 bits per heavy atom. The van der Waals surface area contributed by atoms with Gasteiger partial charge in [0, 0.05) is 50.3 Å². The van der Waals surface area contributed by atoms with Gasteiger partial charge in [0.1, 0.15) is 0 Å². The predicted molar refractivity (Wildman–Crippen MR) is 108 cm³/mol. The van der Waals surface area contributed by atoms with Crippen molar-refractivity contribution >= 4 is 22.5 Å². The van der Waals surface area contributed by atoms with Crippen molar-refractivity contribution in [3.05, 3.63) is 52.8 Å². The van der Waals surface area contributed by atoms with Crippen LogP contribution in [-0.4, -0.2) is 45.7 Å². The molecule has 0 radical (unpaired) electrons. The fraction of sp³-hybridized carbons (Fsp3) is 0.400. The Morgan fingerprint density at radius 2 is 1.63 bits per heavy atom. The van der Waals surface area contributed by atoms with Crippen LogP contribution in [0.1, 0.15) is 25.5 Å². The van der Waals surface area contributed by atoms with E-state index in [9.17, 15) is 4.79 Å². The van der Waals surface area contributed by atoms with Crippen LogP contribution in [0.3, 0.4) is 0 Å². The van der Waals surface area contributed by atoms with E-state index in [0.29, 0.717) is 5.39 Å². The number of piperazine rings is 1. The van der Waals surface area contributed by atoms with E-state index in [1.54, 1.807) is 10.9 Å². The number of hydrogen-bond donors (Lipinski definition) is 0. The highest BCUT2D eigenvalue weighted by Gasteiger charge is 2.19. The molecule has 4 rings (SSSR count). The highest BCUT2D eigenvalue weighted by atomic mass is 16.1. The second kappa shape index (κ2) is 6.98. The Bertz CT molecular complexity index is 1000. The number of benzene rings is 1. The summed E-state index contributed by atoms with van der Waals surface area (Å²) in [6, 6.07) is 6.04. The second-order valence-electron chi connectivity index (χ2n) is 7.29. The molecule has 0 unspecified atom stereocenters. The lowest BCUT2D eigenvalue weighted by atomic mass is 10.2. The first-order valence-electron chi connectivity index (χ1n) is 9.32. The first kappa shape index (κ1) is 17.5. The smallest absolute Gasteiger partial charge is 0.261 e. The molecule has 3 heterocycles. The molecular weight excluding hydrogens is 340 g/mol. The van der Waals surface area contributed by atoms with E-state index < -0.39 is 0 Å². The topological polar surface area (TPSA) is 67.2 Å². The van der Waals surface area contributed by atoms with E-state index in [1.807, 2.05) is 51.4 Å². The largest absolute Gasteiger partial charge is 0.368 e. The third-order valence-electron chi connectivity index (χ3n) is 5.02. The van der Waals surface area contributed by atoms with Crippen molar-refractivity contribution in [3.8, 4) is 0 Å². The van der Waals surface area contributed by atoms with Crippen molar-refractivity contribution in [3.63, 3.8) is 0 Å². The van der Waals surface area contributed by atoms with Crippen molar-refractivity contribution < 1.29 is 0 Å². The van der Waals surface area contributed by atoms with Crippen LogP contribution in [0.25, 0.3) is 10.9 Å². The van der Waals surface area contributed by atoms with E-state index in [2.05, 4.69) is 24.8 Å². The third-order valence-corrected chi connectivity index (χ3v) is 5.02. The highest BCUT2D eigenvalue weighted by molar-refractivity contribution is 5.81. The third kappa shape index (κ3) is 3.37. The molecule has 140 valence electrons. The van der Waals surface area contributed by atoms with Gasteiger partial charge in [-0.25, -0.2) is 15.0 Å². The molecule has 0 amide bonds. The molecule has 27 heavy (non-hydrogen) atoms. The van der Waals surface area contributed by atoms with Crippen molar-refractivity contribution in [2.45, 2.75) is 26.8 Å². The molecule has 3 aromatic rings. The summed E-state index contributed by atoms with van der Waals surface area (Å²) in [5.74, 6) is 0.787. The van der Waals surface area contributed by atoms with Crippen LogP contribution in [-0.2, 0) is 0 Å². The number of aryl methyl sites for hydroxylation is 1. The van der Waals surface area contributed by atoms with Crippen LogP contribution >= 0.6 is 0 Å². The molecule has 0 N–H and O–H groups in total. The zero-order valence-electron chi connectivity index (χ0n) is 16.0. The Morgan fingerprint density at radius 3 is 2.30 bits per heavy atom. The molecule has 7 heteroatoms. The van der Waals surface area contributed by atoms with Crippen molar-refractivity contribution in [1.82, 2.24) is 19.5 Å². The van der Waals surface area contributed by atoms with Gasteiger partial charge in [0.25, 0.3) is 5.56 Å². The standard InChI is InChI=1S/C20H24N6O/c1-14(2)26-13-23-18-10-16(4-5-17(18)19(26)27)24-6-8-25(9-7-24)20-21-11-15(3)12-22-20/h4-5,10-14H,6-9H2,1-3H3. The zero-order valence-corrected chi connectivity index (χ0v) is 16.0. The van der Waals surface area contributed by atoms with Crippen molar-refractivity contribution in [1.29, 1.82) is 0 Å². The summed E-state index contributed by atoms with van der Waals surface area (Å²) in [5.41, 5.74) is 2.93. The van der Waals surface area contributed by atoms with Gasteiger partial charge in [-0.1, -0.05) is 0 Å². The number of rotatable bonds is 3. The van der Waals surface area contributed by atoms with Crippen LogP contribution in [0.4, 0.5) is 11.6 Å². The molecule has 1 aliphatic heterocycles. The van der Waals surface area contributed by atoms with Gasteiger partial charge in [-0.15, -0.1) is 0 Å². The number of aromatic nitrogens is 4. The Hall–Kier alpha value is -2.96. The molecule has 1 aliphatic rings. The van der Waals surface area contributed by atoms with Gasteiger partial charge in [0.2, 0.25) is 5.95 Å². The van der Waals surface area contributed by atoms with Crippen molar-refractivity contribution in [2.24, 2.45) is 0 Å². The lowest BCUT2D eigenvalue weighted by molar-refractivity contribution is 0.573. The van der Waals surface area contributed by atoms with Crippen LogP contribution in [0.2, 0.25) is 0 Å². The van der Waals surface area contributed by atoms with Gasteiger partial charge < -0.3 is 9.80 Å². The summed E-state index contributed by atoms with van der Waals surface area (Å²) in [7, 11) is 0. The van der Waals surface area contributed by atoms with E-state index >= 15 is 0 Å². The van der Waals surface area contributed by atoms with Crippen LogP contribution in [0.15, 0.2) is 41.7 Å². The summed E-state index contributed by atoms with van der Waals surface area (Å²) in [6.45, 7) is 9.46. The summed E-state index contributed by atoms with van der Waals surface area (Å²) >= 11 is 0. The summed E-state index contributed by atoms with van der Waals surface area (Å²) in [4.78, 5) is 30.4. The number of nitrogens with zero attached hydrogens (tertiary/aromatic N) is 6. The average Bonchev–Trinajstić information content (AvgIpc) is 2.68. The normalized spacial score (nSPS) is 15.0. The van der Waals surface area contributed by atoms with Gasteiger partial charge in [-0.2, -0.15) is 0 Å². The maximum Gasteiger partial charge on any atom is 0.261 e. The van der Waals surface area contributed by atoms with Crippen LogP contribution in [0, 0.1) is 6.92 Å². The Balaban J connectivity index is 1.53. The van der Waals surface area contributed by atoms with Crippen LogP contribution < -0.4 is 15.4 Å². The number of hydrogen-bond acceptors (Lipinski definition) is 6. The molecule has 0 saturated carbocycles. The van der Waals surface area contributed by atoms with Gasteiger partial charge in [0.05, 0.1) is 17.2 Å². The summed E-state index contributed by atoms with van der Waals surface area (Å²) in [5, 5.41) is 0.668. The minimum Gasteiger partial charge on any atom is -0.368 e. The predicted octanol–water partition coefficient (Wildman–Crippen LogP) is 2.40. The monoisotopic (exact) mass is 364 g/mol. The molecule has 0 atom stereocenters. The minimum atomic E-state index is 0.0166. The quantitative estimate of drug-likeness (QED) is 0.711. The SMILES string of the molecule is Cc1cnc(N2CCN(c3ccc4c(=O)n(C(C)C)cnc4c3)CC2)nc1. The molecule has 0 aliphatic carbocycles. The summed E-state index contributed by atoms with van der Waals surface area (Å²) in [6.07, 6.45) is 5.35. The van der Waals surface area contributed by atoms with Crippen LogP contribution in [0.5, 0.6) is 0 Å². The maximum absolute atomic E-state index is 12.6. The van der Waals surface area contributed by atoms with E-state index in [1.165, 1.54) is 0 Å². The van der Waals surface area contributed by atoms with E-state index in [-0.39, 0.29) is 11.6 Å². The Labute approximate surface area is 158 Å². The molecular formula is C20H24N6O. The molecule has 1 saturated heterocycles. The van der Waals surface area contributed by atoms with Gasteiger partial charge in [0.15, 0.2) is 0 Å². The first-order valence-corrected chi connectivity index (χ1v) is 9.32. The maximum atomic E-state index is 12.6. The molecule has 0 bridgehead atoms. The number of fused-ring (bicyclic) bond motifs is 1. The number of anilines is 2. The minimum absolute atomic E-state index is 0.0166. The highest BCUT2D eigenvalue weighted by Crippen LogP contribution is 2.21. The van der Waals surface area contributed by atoms with E-state index in [4.69, 9.17) is 0 Å². The molecule has 0 spiro atoms. The van der Waals surface area contributed by atoms with Gasteiger partial charge in [-0.05, 0) is 44.5 Å². The molecule has 1 fully saturated rings. The fourth-order valence-corrected chi connectivity index (χ4v) is 3.40. The molecule has 1 aromatic carbocycles. The second-order valence-corrected chi connectivity index (χ2v) is 7.29. The summed E-state index contributed by atoms with van der Waals surface area (Å²) < 4.78 is 1.67. The van der Waals surface area contributed by atoms with Gasteiger partial charge >= 0.3 is 0 Å². The lowest BCUT2D eigenvalue weighted by Crippen LogP contribution is -2.47. The van der Waals surface area contributed by atoms with E-state index in [0.717, 1.165) is 48.9 Å².